The van der Waals surface area contributed by atoms with Crippen molar-refractivity contribution in [2.24, 2.45) is 5.92 Å². The molecular formula is C14H17NO6. The van der Waals surface area contributed by atoms with E-state index >= 15 is 0 Å². The summed E-state index contributed by atoms with van der Waals surface area (Å²) in [6, 6.07) is 8.20. The molecule has 0 heterocycles. The molecule has 7 nitrogen and oxygen atoms in total. The molecule has 4 atom stereocenters. The van der Waals surface area contributed by atoms with Crippen molar-refractivity contribution in [3.63, 3.8) is 0 Å². The Morgan fingerprint density at radius 1 is 1.19 bits per heavy atom. The zero-order chi connectivity index (χ0) is 15.4. The van der Waals surface area contributed by atoms with Crippen molar-refractivity contribution < 1.29 is 29.6 Å². The predicted octanol–water partition coefficient (Wildman–Crippen LogP) is 0.108. The normalized spacial score (nSPS) is 28.1. The molecule has 21 heavy (non-hydrogen) atoms. The van der Waals surface area contributed by atoms with Crippen LogP contribution in [0.3, 0.4) is 0 Å². The van der Waals surface area contributed by atoms with Crippen molar-refractivity contribution in [2.45, 2.75) is 31.3 Å². The molecule has 2 rings (SSSR count). The van der Waals surface area contributed by atoms with E-state index < -0.39 is 36.2 Å². The fourth-order valence-corrected chi connectivity index (χ4v) is 2.34. The Morgan fingerprint density at radius 3 is 2.43 bits per heavy atom. The summed E-state index contributed by atoms with van der Waals surface area (Å²) in [5.74, 6) is -2.30. The van der Waals surface area contributed by atoms with Gasteiger partial charge in [-0.05, 0) is 12.0 Å². The quantitative estimate of drug-likeness (QED) is 0.626. The molecule has 0 aromatic heterocycles. The number of ether oxygens (including phenoxy) is 1. The van der Waals surface area contributed by atoms with Crippen LogP contribution in [-0.4, -0.2) is 45.6 Å². The van der Waals surface area contributed by atoms with Crippen LogP contribution in [0.15, 0.2) is 30.3 Å². The molecule has 7 heteroatoms. The molecule has 1 saturated carbocycles. The zero-order valence-corrected chi connectivity index (χ0v) is 11.2. The molecule has 0 saturated heterocycles. The summed E-state index contributed by atoms with van der Waals surface area (Å²) in [7, 11) is 0. The van der Waals surface area contributed by atoms with Gasteiger partial charge >= 0.3 is 12.1 Å². The second kappa shape index (κ2) is 6.55. The Balaban J connectivity index is 1.84. The molecule has 1 amide bonds. The lowest BCUT2D eigenvalue weighted by Crippen LogP contribution is -2.43. The number of hydrogen-bond acceptors (Lipinski definition) is 5. The number of nitrogens with one attached hydrogen (secondary N) is 1. The largest absolute Gasteiger partial charge is 0.481 e. The van der Waals surface area contributed by atoms with Gasteiger partial charge in [-0.15, -0.1) is 0 Å². The van der Waals surface area contributed by atoms with Gasteiger partial charge in [0.25, 0.3) is 0 Å². The van der Waals surface area contributed by atoms with Crippen LogP contribution in [0.4, 0.5) is 4.79 Å². The van der Waals surface area contributed by atoms with E-state index in [1.54, 1.807) is 12.1 Å². The van der Waals surface area contributed by atoms with E-state index in [0.29, 0.717) is 0 Å². The highest BCUT2D eigenvalue weighted by molar-refractivity contribution is 5.72. The van der Waals surface area contributed by atoms with Gasteiger partial charge in [0, 0.05) is 0 Å². The molecule has 0 unspecified atom stereocenters. The predicted molar refractivity (Wildman–Crippen MR) is 71.3 cm³/mol. The zero-order valence-electron chi connectivity index (χ0n) is 11.2. The first-order valence-electron chi connectivity index (χ1n) is 6.55. The number of carbonyl (C=O) groups excluding carboxylic acids is 1. The first kappa shape index (κ1) is 15.3. The maximum Gasteiger partial charge on any atom is 0.407 e. The summed E-state index contributed by atoms with van der Waals surface area (Å²) in [5, 5.41) is 30.6. The smallest absolute Gasteiger partial charge is 0.407 e. The monoisotopic (exact) mass is 295 g/mol. The summed E-state index contributed by atoms with van der Waals surface area (Å²) in [5.41, 5.74) is 0.808. The van der Waals surface area contributed by atoms with Crippen LogP contribution in [0.1, 0.15) is 12.0 Å². The van der Waals surface area contributed by atoms with Crippen molar-refractivity contribution >= 4 is 12.1 Å². The molecule has 1 fully saturated rings. The highest BCUT2D eigenvalue weighted by Crippen LogP contribution is 2.27. The third kappa shape index (κ3) is 3.71. The fourth-order valence-electron chi connectivity index (χ4n) is 2.34. The van der Waals surface area contributed by atoms with E-state index in [4.69, 9.17) is 9.84 Å². The number of benzene rings is 1. The minimum atomic E-state index is -1.40. The summed E-state index contributed by atoms with van der Waals surface area (Å²) < 4.78 is 4.98. The number of aliphatic hydroxyl groups is 2. The number of aliphatic carboxylic acids is 1. The maximum atomic E-state index is 11.6. The van der Waals surface area contributed by atoms with Gasteiger partial charge in [0.1, 0.15) is 12.7 Å². The first-order chi connectivity index (χ1) is 9.99. The first-order valence-corrected chi connectivity index (χ1v) is 6.55. The molecule has 114 valence electrons. The highest BCUT2D eigenvalue weighted by atomic mass is 16.5. The second-order valence-corrected chi connectivity index (χ2v) is 4.97. The van der Waals surface area contributed by atoms with Gasteiger partial charge in [-0.1, -0.05) is 30.3 Å². The number of carbonyl (C=O) groups is 2. The van der Waals surface area contributed by atoms with Gasteiger partial charge < -0.3 is 25.4 Å². The van der Waals surface area contributed by atoms with Crippen LogP contribution in [-0.2, 0) is 16.1 Å². The maximum absolute atomic E-state index is 11.6. The van der Waals surface area contributed by atoms with Crippen molar-refractivity contribution in [1.29, 1.82) is 0 Å². The van der Waals surface area contributed by atoms with Gasteiger partial charge in [-0.2, -0.15) is 0 Å². The molecule has 1 aliphatic rings. The second-order valence-electron chi connectivity index (χ2n) is 4.97. The van der Waals surface area contributed by atoms with Crippen LogP contribution in [0, 0.1) is 5.92 Å². The third-order valence-electron chi connectivity index (χ3n) is 3.52. The van der Waals surface area contributed by atoms with Gasteiger partial charge in [-0.25, -0.2) is 4.79 Å². The van der Waals surface area contributed by atoms with Crippen molar-refractivity contribution in [1.82, 2.24) is 5.32 Å². The summed E-state index contributed by atoms with van der Waals surface area (Å²) >= 11 is 0. The molecular weight excluding hydrogens is 278 g/mol. The average molecular weight is 295 g/mol. The Hall–Kier alpha value is -2.12. The number of rotatable bonds is 4. The minimum Gasteiger partial charge on any atom is -0.481 e. The van der Waals surface area contributed by atoms with E-state index in [1.807, 2.05) is 18.2 Å². The number of amides is 1. The molecule has 4 N–H and O–H groups in total. The molecule has 0 bridgehead atoms. The van der Waals surface area contributed by atoms with Gasteiger partial charge in [-0.3, -0.25) is 4.79 Å². The van der Waals surface area contributed by atoms with E-state index in [-0.39, 0.29) is 13.0 Å². The average Bonchev–Trinajstić information content (AvgIpc) is 2.75. The van der Waals surface area contributed by atoms with E-state index in [9.17, 15) is 19.8 Å². The summed E-state index contributed by atoms with van der Waals surface area (Å²) in [4.78, 5) is 22.5. The molecule has 1 aromatic carbocycles. The van der Waals surface area contributed by atoms with Crippen molar-refractivity contribution in [3.8, 4) is 0 Å². The standard InChI is InChI=1S/C14H17NO6/c16-11-9(13(18)19)6-10(12(11)17)15-14(20)21-7-8-4-2-1-3-5-8/h1-5,9-12,16-17H,6-7H2,(H,15,20)(H,18,19)/t9-,10+,11+,12-/m0/s1. The molecule has 0 radical (unpaired) electrons. The van der Waals surface area contributed by atoms with E-state index in [0.717, 1.165) is 5.56 Å². The Bertz CT molecular complexity index is 505. The van der Waals surface area contributed by atoms with Crippen molar-refractivity contribution in [3.05, 3.63) is 35.9 Å². The Kier molecular flexibility index (Phi) is 4.77. The van der Waals surface area contributed by atoms with Crippen LogP contribution < -0.4 is 5.32 Å². The Labute approximate surface area is 121 Å². The van der Waals surface area contributed by atoms with Crippen molar-refractivity contribution in [2.75, 3.05) is 0 Å². The molecule has 1 aromatic rings. The lowest BCUT2D eigenvalue weighted by Gasteiger charge is -2.17. The number of carboxylic acids is 1. The van der Waals surface area contributed by atoms with Crippen LogP contribution in [0.25, 0.3) is 0 Å². The van der Waals surface area contributed by atoms with Gasteiger partial charge in [0.2, 0.25) is 0 Å². The molecule has 0 aliphatic heterocycles. The van der Waals surface area contributed by atoms with Gasteiger partial charge in [0.15, 0.2) is 0 Å². The SMILES string of the molecule is O=C(N[C@@H]1C[C@H](C(=O)O)[C@@H](O)[C@H]1O)OCc1ccccc1. The minimum absolute atomic E-state index is 0.0435. The number of hydrogen-bond donors (Lipinski definition) is 4. The summed E-state index contributed by atoms with van der Waals surface area (Å²) in [6.07, 6.45) is -3.53. The fraction of sp³-hybridized carbons (Fsp3) is 0.429. The highest BCUT2D eigenvalue weighted by Gasteiger charge is 2.45. The Morgan fingerprint density at radius 2 is 1.86 bits per heavy atom. The van der Waals surface area contributed by atoms with Crippen LogP contribution in [0.5, 0.6) is 0 Å². The molecule has 1 aliphatic carbocycles. The lowest BCUT2D eigenvalue weighted by atomic mass is 10.1. The van der Waals surface area contributed by atoms with E-state index in [1.165, 1.54) is 0 Å². The topological polar surface area (TPSA) is 116 Å². The molecule has 0 spiro atoms. The van der Waals surface area contributed by atoms with Gasteiger partial charge in [0.05, 0.1) is 18.1 Å². The number of carboxylic acid groups (broad SMARTS) is 1. The lowest BCUT2D eigenvalue weighted by molar-refractivity contribution is -0.145. The number of aliphatic hydroxyl groups excluding tert-OH is 2. The summed E-state index contributed by atoms with van der Waals surface area (Å²) in [6.45, 7) is 0.0698. The van der Waals surface area contributed by atoms with E-state index in [2.05, 4.69) is 5.32 Å². The third-order valence-corrected chi connectivity index (χ3v) is 3.52. The number of alkyl carbamates (subject to hydrolysis) is 1. The van der Waals surface area contributed by atoms with Crippen LogP contribution in [0.2, 0.25) is 0 Å². The van der Waals surface area contributed by atoms with Crippen LogP contribution >= 0.6 is 0 Å².